The number of benzene rings is 1. The fraction of sp³-hybridized carbons (Fsp3) is 0.579. The van der Waals surface area contributed by atoms with E-state index in [2.05, 4.69) is 10.2 Å². The van der Waals surface area contributed by atoms with Crippen molar-refractivity contribution in [1.82, 2.24) is 15.1 Å². The van der Waals surface area contributed by atoms with Crippen molar-refractivity contribution in [3.05, 3.63) is 35.9 Å². The third-order valence-corrected chi connectivity index (χ3v) is 4.93. The minimum Gasteiger partial charge on any atom is -0.358 e. The lowest BCUT2D eigenvalue weighted by Gasteiger charge is -2.34. The molecule has 1 aromatic rings. The van der Waals surface area contributed by atoms with Crippen molar-refractivity contribution in [3.63, 3.8) is 0 Å². The van der Waals surface area contributed by atoms with E-state index in [0.29, 0.717) is 12.5 Å². The smallest absolute Gasteiger partial charge is 0.233 e. The van der Waals surface area contributed by atoms with Crippen LogP contribution in [0.15, 0.2) is 30.3 Å². The van der Waals surface area contributed by atoms with E-state index in [0.717, 1.165) is 38.0 Å². The van der Waals surface area contributed by atoms with E-state index in [4.69, 9.17) is 0 Å². The quantitative estimate of drug-likeness (QED) is 0.863. The molecule has 2 rings (SSSR count). The lowest BCUT2D eigenvalue weighted by Crippen LogP contribution is -2.43. The molecule has 1 aromatic carbocycles. The minimum absolute atomic E-state index is 0.0671. The van der Waals surface area contributed by atoms with Crippen LogP contribution in [0, 0.1) is 5.92 Å². The Morgan fingerprint density at radius 1 is 1.25 bits per heavy atom. The van der Waals surface area contributed by atoms with Crippen LogP contribution in [0.1, 0.15) is 31.2 Å². The molecule has 5 nitrogen and oxygen atoms in total. The van der Waals surface area contributed by atoms with Gasteiger partial charge in [0.15, 0.2) is 0 Å². The van der Waals surface area contributed by atoms with E-state index in [1.807, 2.05) is 49.2 Å². The molecule has 2 amide bonds. The molecule has 1 fully saturated rings. The van der Waals surface area contributed by atoms with Gasteiger partial charge in [-0.05, 0) is 44.3 Å². The number of likely N-dealkylation sites (tertiary alicyclic amines) is 1. The Balaban J connectivity index is 1.79. The molecule has 24 heavy (non-hydrogen) atoms. The maximum Gasteiger partial charge on any atom is 0.233 e. The fourth-order valence-electron chi connectivity index (χ4n) is 3.30. The summed E-state index contributed by atoms with van der Waals surface area (Å²) in [4.78, 5) is 28.1. The second-order valence-corrected chi connectivity index (χ2v) is 6.74. The topological polar surface area (TPSA) is 52.7 Å². The van der Waals surface area contributed by atoms with Crippen LogP contribution < -0.4 is 5.32 Å². The first-order chi connectivity index (χ1) is 11.5. The highest BCUT2D eigenvalue weighted by molar-refractivity contribution is 5.83. The SMILES string of the molecule is CNC(=O)CN1CCC(CN(C)C(=O)[C@H](C)c2ccccc2)CC1. The van der Waals surface area contributed by atoms with Gasteiger partial charge in [0, 0.05) is 20.6 Å². The molecule has 1 saturated heterocycles. The number of hydrogen-bond acceptors (Lipinski definition) is 3. The largest absolute Gasteiger partial charge is 0.358 e. The molecule has 0 radical (unpaired) electrons. The van der Waals surface area contributed by atoms with Crippen LogP contribution in [0.4, 0.5) is 0 Å². The molecule has 1 aliphatic rings. The van der Waals surface area contributed by atoms with Crippen LogP contribution in [0.25, 0.3) is 0 Å². The number of carbonyl (C=O) groups is 2. The maximum atomic E-state index is 12.6. The number of carbonyl (C=O) groups excluding carboxylic acids is 2. The molecular formula is C19H29N3O2. The number of nitrogens with one attached hydrogen (secondary N) is 1. The average Bonchev–Trinajstić information content (AvgIpc) is 2.62. The highest BCUT2D eigenvalue weighted by Crippen LogP contribution is 2.21. The number of amides is 2. The van der Waals surface area contributed by atoms with Crippen LogP contribution in [-0.2, 0) is 9.59 Å². The van der Waals surface area contributed by atoms with Crippen molar-refractivity contribution in [2.24, 2.45) is 5.92 Å². The minimum atomic E-state index is -0.107. The molecule has 0 aromatic heterocycles. The number of likely N-dealkylation sites (N-methyl/N-ethyl adjacent to an activating group) is 2. The fourth-order valence-corrected chi connectivity index (χ4v) is 3.30. The van der Waals surface area contributed by atoms with E-state index in [9.17, 15) is 9.59 Å². The van der Waals surface area contributed by atoms with E-state index in [1.165, 1.54) is 0 Å². The summed E-state index contributed by atoms with van der Waals surface area (Å²) >= 11 is 0. The van der Waals surface area contributed by atoms with Gasteiger partial charge in [0.1, 0.15) is 0 Å². The van der Waals surface area contributed by atoms with Crippen LogP contribution in [0.5, 0.6) is 0 Å². The van der Waals surface area contributed by atoms with Crippen molar-refractivity contribution in [3.8, 4) is 0 Å². The Hall–Kier alpha value is -1.88. The van der Waals surface area contributed by atoms with Gasteiger partial charge in [-0.25, -0.2) is 0 Å². The maximum absolute atomic E-state index is 12.6. The molecule has 0 spiro atoms. The van der Waals surface area contributed by atoms with Gasteiger partial charge in [0.2, 0.25) is 11.8 Å². The molecule has 1 atom stereocenters. The highest BCUT2D eigenvalue weighted by atomic mass is 16.2. The van der Waals surface area contributed by atoms with Crippen molar-refractivity contribution in [2.75, 3.05) is 40.3 Å². The average molecular weight is 331 g/mol. The second kappa shape index (κ2) is 8.83. The van der Waals surface area contributed by atoms with Gasteiger partial charge in [0.25, 0.3) is 0 Å². The normalized spacial score (nSPS) is 17.3. The zero-order valence-electron chi connectivity index (χ0n) is 15.0. The zero-order valence-corrected chi connectivity index (χ0v) is 15.0. The molecule has 132 valence electrons. The molecule has 0 unspecified atom stereocenters. The zero-order chi connectivity index (χ0) is 17.5. The summed E-state index contributed by atoms with van der Waals surface area (Å²) in [5.41, 5.74) is 1.06. The lowest BCUT2D eigenvalue weighted by atomic mass is 9.95. The van der Waals surface area contributed by atoms with Gasteiger partial charge < -0.3 is 10.2 Å². The predicted octanol–water partition coefficient (Wildman–Crippen LogP) is 1.71. The third kappa shape index (κ3) is 5.06. The van der Waals surface area contributed by atoms with Crippen LogP contribution in [-0.4, -0.2) is 61.9 Å². The molecule has 0 bridgehead atoms. The van der Waals surface area contributed by atoms with Gasteiger partial charge in [-0.2, -0.15) is 0 Å². The summed E-state index contributed by atoms with van der Waals surface area (Å²) in [6, 6.07) is 9.93. The number of nitrogens with zero attached hydrogens (tertiary/aromatic N) is 2. The van der Waals surface area contributed by atoms with Gasteiger partial charge in [-0.3, -0.25) is 14.5 Å². The molecule has 1 heterocycles. The first-order valence-electron chi connectivity index (χ1n) is 8.74. The standard InChI is InChI=1S/C19H29N3O2/c1-15(17-7-5-4-6-8-17)19(24)21(3)13-16-9-11-22(12-10-16)14-18(23)20-2/h4-8,15-16H,9-14H2,1-3H3,(H,20,23)/t15-/m1/s1. The second-order valence-electron chi connectivity index (χ2n) is 6.74. The van der Waals surface area contributed by atoms with E-state index in [1.54, 1.807) is 7.05 Å². The predicted molar refractivity (Wildman–Crippen MR) is 95.7 cm³/mol. The van der Waals surface area contributed by atoms with Gasteiger partial charge >= 0.3 is 0 Å². The molecule has 0 aliphatic carbocycles. The summed E-state index contributed by atoms with van der Waals surface area (Å²) in [6.45, 7) is 5.09. The number of hydrogen-bond donors (Lipinski definition) is 1. The Kier molecular flexibility index (Phi) is 6.79. The van der Waals surface area contributed by atoms with E-state index >= 15 is 0 Å². The van der Waals surface area contributed by atoms with Crippen molar-refractivity contribution in [2.45, 2.75) is 25.7 Å². The van der Waals surface area contributed by atoms with Crippen molar-refractivity contribution >= 4 is 11.8 Å². The summed E-state index contributed by atoms with van der Waals surface area (Å²) in [5.74, 6) is 0.652. The summed E-state index contributed by atoms with van der Waals surface area (Å²) in [6.07, 6.45) is 2.07. The molecule has 0 saturated carbocycles. The van der Waals surface area contributed by atoms with Crippen molar-refractivity contribution in [1.29, 1.82) is 0 Å². The molecular weight excluding hydrogens is 302 g/mol. The Morgan fingerprint density at radius 2 is 1.88 bits per heavy atom. The Morgan fingerprint density at radius 3 is 2.46 bits per heavy atom. The summed E-state index contributed by atoms with van der Waals surface area (Å²) in [5, 5.41) is 2.67. The van der Waals surface area contributed by atoms with Crippen LogP contribution >= 0.6 is 0 Å². The molecule has 1 aliphatic heterocycles. The molecule has 1 N–H and O–H groups in total. The Labute approximate surface area is 145 Å². The third-order valence-electron chi connectivity index (χ3n) is 4.93. The lowest BCUT2D eigenvalue weighted by molar-refractivity contribution is -0.131. The number of rotatable bonds is 6. The van der Waals surface area contributed by atoms with Gasteiger partial charge in [-0.1, -0.05) is 30.3 Å². The molecule has 5 heteroatoms. The van der Waals surface area contributed by atoms with Crippen LogP contribution in [0.3, 0.4) is 0 Å². The van der Waals surface area contributed by atoms with Crippen LogP contribution in [0.2, 0.25) is 0 Å². The van der Waals surface area contributed by atoms with E-state index in [-0.39, 0.29) is 17.7 Å². The van der Waals surface area contributed by atoms with E-state index < -0.39 is 0 Å². The van der Waals surface area contributed by atoms with Crippen molar-refractivity contribution < 1.29 is 9.59 Å². The van der Waals surface area contributed by atoms with Gasteiger partial charge in [-0.15, -0.1) is 0 Å². The van der Waals surface area contributed by atoms with Gasteiger partial charge in [0.05, 0.1) is 12.5 Å². The first kappa shape index (κ1) is 18.5. The monoisotopic (exact) mass is 331 g/mol. The number of piperidine rings is 1. The summed E-state index contributed by atoms with van der Waals surface area (Å²) < 4.78 is 0. The Bertz CT molecular complexity index is 539. The first-order valence-corrected chi connectivity index (χ1v) is 8.74. The highest BCUT2D eigenvalue weighted by Gasteiger charge is 2.25. The summed E-state index contributed by atoms with van der Waals surface area (Å²) in [7, 11) is 3.57.